The van der Waals surface area contributed by atoms with Crippen molar-refractivity contribution in [1.29, 1.82) is 0 Å². The predicted molar refractivity (Wildman–Crippen MR) is 118 cm³/mol. The highest BCUT2D eigenvalue weighted by Crippen LogP contribution is 2.41. The highest BCUT2D eigenvalue weighted by atomic mass is 35.5. The van der Waals surface area contributed by atoms with Gasteiger partial charge in [0.25, 0.3) is 11.7 Å². The fraction of sp³-hybridized carbons (Fsp3) is 0.261. The van der Waals surface area contributed by atoms with E-state index in [-0.39, 0.29) is 28.5 Å². The van der Waals surface area contributed by atoms with Crippen molar-refractivity contribution in [3.63, 3.8) is 0 Å². The van der Waals surface area contributed by atoms with Gasteiger partial charge in [-0.1, -0.05) is 23.7 Å². The van der Waals surface area contributed by atoms with Gasteiger partial charge in [0.15, 0.2) is 0 Å². The molecular weight excluding hydrogens is 436 g/mol. The van der Waals surface area contributed by atoms with Crippen LogP contribution < -0.4 is 0 Å². The number of hydrogen-bond donors (Lipinski definition) is 2. The summed E-state index contributed by atoms with van der Waals surface area (Å²) in [5.41, 5.74) is 0.587. The van der Waals surface area contributed by atoms with Crippen LogP contribution >= 0.6 is 11.6 Å². The first-order valence-corrected chi connectivity index (χ1v) is 10.1. The number of aromatic hydroxyl groups is 1. The second-order valence-corrected chi connectivity index (χ2v) is 8.01. The molecule has 3 rings (SSSR count). The number of amides is 1. The van der Waals surface area contributed by atoms with E-state index in [1.54, 1.807) is 12.1 Å². The van der Waals surface area contributed by atoms with E-state index in [1.807, 2.05) is 19.0 Å². The van der Waals surface area contributed by atoms with Gasteiger partial charge in [-0.05, 0) is 50.0 Å². The highest BCUT2D eigenvalue weighted by molar-refractivity contribution is 6.46. The third kappa shape index (κ3) is 4.46. The van der Waals surface area contributed by atoms with E-state index in [1.165, 1.54) is 42.3 Å². The molecule has 168 valence electrons. The zero-order chi connectivity index (χ0) is 23.6. The molecule has 1 saturated heterocycles. The molecule has 0 aliphatic carbocycles. The number of hydrogen-bond acceptors (Lipinski definition) is 7. The number of likely N-dealkylation sites (tertiary alicyclic amines) is 1. The van der Waals surface area contributed by atoms with Crippen LogP contribution in [0.25, 0.3) is 5.76 Å². The minimum atomic E-state index is -0.917. The van der Waals surface area contributed by atoms with Crippen LogP contribution in [0.3, 0.4) is 0 Å². The minimum Gasteiger partial charge on any atom is -0.507 e. The number of aliphatic hydroxyl groups is 1. The lowest BCUT2D eigenvalue weighted by Crippen LogP contribution is -2.35. The van der Waals surface area contributed by atoms with Crippen molar-refractivity contribution in [2.45, 2.75) is 6.04 Å². The molecule has 1 amide bonds. The van der Waals surface area contributed by atoms with Crippen LogP contribution in [-0.4, -0.2) is 72.0 Å². The number of ether oxygens (including phenoxy) is 1. The molecule has 2 N–H and O–H groups in total. The summed E-state index contributed by atoms with van der Waals surface area (Å²) >= 11 is 6.00. The van der Waals surface area contributed by atoms with E-state index < -0.39 is 29.5 Å². The molecule has 2 aromatic carbocycles. The van der Waals surface area contributed by atoms with Crippen molar-refractivity contribution in [2.75, 3.05) is 34.3 Å². The average molecular weight is 459 g/mol. The Labute approximate surface area is 190 Å². The summed E-state index contributed by atoms with van der Waals surface area (Å²) < 4.78 is 4.71. The van der Waals surface area contributed by atoms with Crippen molar-refractivity contribution < 1.29 is 29.3 Å². The lowest BCUT2D eigenvalue weighted by molar-refractivity contribution is -0.140. The number of benzene rings is 2. The summed E-state index contributed by atoms with van der Waals surface area (Å²) in [6, 6.07) is 9.35. The number of phenols is 1. The van der Waals surface area contributed by atoms with Crippen LogP contribution in [-0.2, 0) is 14.3 Å². The predicted octanol–water partition coefficient (Wildman–Crippen LogP) is 2.82. The molecule has 1 fully saturated rings. The number of esters is 1. The Morgan fingerprint density at radius 2 is 1.81 bits per heavy atom. The lowest BCUT2D eigenvalue weighted by atomic mass is 9.94. The second kappa shape index (κ2) is 9.42. The van der Waals surface area contributed by atoms with Crippen LogP contribution in [0.4, 0.5) is 0 Å². The van der Waals surface area contributed by atoms with E-state index >= 15 is 0 Å². The Kier molecular flexibility index (Phi) is 6.86. The second-order valence-electron chi connectivity index (χ2n) is 7.57. The van der Waals surface area contributed by atoms with Crippen LogP contribution in [0.1, 0.15) is 27.5 Å². The lowest BCUT2D eigenvalue weighted by Gasteiger charge is -2.26. The van der Waals surface area contributed by atoms with Crippen molar-refractivity contribution in [3.05, 3.63) is 69.8 Å². The molecule has 0 aromatic heterocycles. The summed E-state index contributed by atoms with van der Waals surface area (Å²) in [5.74, 6) is -2.98. The van der Waals surface area contributed by atoms with E-state index in [0.29, 0.717) is 17.7 Å². The molecule has 2 aromatic rings. The number of aliphatic hydroxyl groups excluding tert-OH is 1. The molecule has 1 aliphatic heterocycles. The summed E-state index contributed by atoms with van der Waals surface area (Å²) in [6.45, 7) is 0.700. The fourth-order valence-corrected chi connectivity index (χ4v) is 3.70. The quantitative estimate of drug-likeness (QED) is 0.296. The summed E-state index contributed by atoms with van der Waals surface area (Å²) in [4.78, 5) is 40.8. The number of carbonyl (C=O) groups excluding carboxylic acids is 3. The first-order chi connectivity index (χ1) is 15.1. The van der Waals surface area contributed by atoms with Gasteiger partial charge in [-0.15, -0.1) is 0 Å². The molecule has 32 heavy (non-hydrogen) atoms. The molecule has 1 atom stereocenters. The number of rotatable bonds is 6. The Morgan fingerprint density at radius 3 is 2.41 bits per heavy atom. The zero-order valence-corrected chi connectivity index (χ0v) is 18.6. The van der Waals surface area contributed by atoms with Crippen molar-refractivity contribution in [2.24, 2.45) is 0 Å². The maximum absolute atomic E-state index is 13.0. The van der Waals surface area contributed by atoms with Crippen molar-refractivity contribution >= 4 is 35.0 Å². The molecule has 0 unspecified atom stereocenters. The summed E-state index contributed by atoms with van der Waals surface area (Å²) in [7, 11) is 4.94. The topological polar surface area (TPSA) is 107 Å². The van der Waals surface area contributed by atoms with E-state index in [4.69, 9.17) is 16.3 Å². The third-order valence-corrected chi connectivity index (χ3v) is 5.42. The normalized spacial score (nSPS) is 17.8. The summed E-state index contributed by atoms with van der Waals surface area (Å²) in [6.07, 6.45) is 0. The van der Waals surface area contributed by atoms with Crippen LogP contribution in [0.15, 0.2) is 48.0 Å². The molecule has 9 heteroatoms. The standard InChI is InChI=1S/C23H23ClN2O6/c1-25(2)10-11-26-19(13-4-6-14(7-5-13)23(31)32-3)18(21(29)22(26)30)20(28)16-12-15(24)8-9-17(16)27/h4-9,12,19,27-28H,10-11H2,1-3H3/t19-/m0/s1. The van der Waals surface area contributed by atoms with Gasteiger partial charge in [-0.3, -0.25) is 9.59 Å². The van der Waals surface area contributed by atoms with Crippen LogP contribution in [0, 0.1) is 0 Å². The van der Waals surface area contributed by atoms with Gasteiger partial charge in [-0.2, -0.15) is 0 Å². The maximum atomic E-state index is 13.0. The number of carbonyl (C=O) groups is 3. The van der Waals surface area contributed by atoms with Gasteiger partial charge in [0.05, 0.1) is 29.9 Å². The number of phenolic OH excluding ortho intramolecular Hbond substituents is 1. The maximum Gasteiger partial charge on any atom is 0.337 e. The minimum absolute atomic E-state index is 0.0562. The Bertz CT molecular complexity index is 1090. The summed E-state index contributed by atoms with van der Waals surface area (Å²) in [5, 5.41) is 21.5. The van der Waals surface area contributed by atoms with Gasteiger partial charge < -0.3 is 24.7 Å². The number of nitrogens with zero attached hydrogens (tertiary/aromatic N) is 2. The van der Waals surface area contributed by atoms with Gasteiger partial charge in [0.1, 0.15) is 11.5 Å². The Balaban J connectivity index is 2.17. The molecule has 0 radical (unpaired) electrons. The first-order valence-electron chi connectivity index (χ1n) is 9.76. The van der Waals surface area contributed by atoms with E-state index in [9.17, 15) is 24.6 Å². The molecule has 0 bridgehead atoms. The average Bonchev–Trinajstić information content (AvgIpc) is 3.03. The molecule has 1 aliphatic rings. The molecule has 0 saturated carbocycles. The van der Waals surface area contributed by atoms with Gasteiger partial charge in [0.2, 0.25) is 0 Å². The Morgan fingerprint density at radius 1 is 1.16 bits per heavy atom. The number of halogens is 1. The van der Waals surface area contributed by atoms with E-state index in [2.05, 4.69) is 0 Å². The highest BCUT2D eigenvalue weighted by Gasteiger charge is 2.46. The van der Waals surface area contributed by atoms with E-state index in [0.717, 1.165) is 0 Å². The molecule has 8 nitrogen and oxygen atoms in total. The number of Topliss-reactive ketones (excluding diaryl/α,β-unsaturated/α-hetero) is 1. The van der Waals surface area contributed by atoms with Crippen LogP contribution in [0.2, 0.25) is 5.02 Å². The zero-order valence-electron chi connectivity index (χ0n) is 17.8. The monoisotopic (exact) mass is 458 g/mol. The largest absolute Gasteiger partial charge is 0.507 e. The molecular formula is C23H23ClN2O6. The number of ketones is 1. The first kappa shape index (κ1) is 23.3. The smallest absolute Gasteiger partial charge is 0.337 e. The van der Waals surface area contributed by atoms with Gasteiger partial charge in [-0.25, -0.2) is 4.79 Å². The van der Waals surface area contributed by atoms with Crippen molar-refractivity contribution in [1.82, 2.24) is 9.80 Å². The van der Waals surface area contributed by atoms with Gasteiger partial charge >= 0.3 is 5.97 Å². The Hall–Kier alpha value is -3.36. The van der Waals surface area contributed by atoms with Crippen LogP contribution in [0.5, 0.6) is 5.75 Å². The third-order valence-electron chi connectivity index (χ3n) is 5.19. The fourth-order valence-electron chi connectivity index (χ4n) is 3.53. The number of methoxy groups -OCH3 is 1. The van der Waals surface area contributed by atoms with Gasteiger partial charge in [0, 0.05) is 18.1 Å². The SMILES string of the molecule is COC(=O)c1ccc([C@H]2C(=C(O)c3cc(Cl)ccc3O)C(=O)C(=O)N2CCN(C)C)cc1. The molecule has 0 spiro atoms. The number of likely N-dealkylation sites (N-methyl/N-ethyl adjacent to an activating group) is 1. The molecule has 1 heterocycles. The van der Waals surface area contributed by atoms with Crippen molar-refractivity contribution in [3.8, 4) is 5.75 Å².